The van der Waals surface area contributed by atoms with Crippen molar-refractivity contribution in [3.63, 3.8) is 0 Å². The Kier molecular flexibility index (Phi) is 6.81. The fourth-order valence-electron chi connectivity index (χ4n) is 4.96. The molecular formula is C25H32N4O5. The third kappa shape index (κ3) is 4.73. The molecule has 1 saturated heterocycles. The van der Waals surface area contributed by atoms with E-state index in [1.807, 2.05) is 24.5 Å². The summed E-state index contributed by atoms with van der Waals surface area (Å²) in [6.07, 6.45) is 0.959. The molecule has 1 fully saturated rings. The smallest absolute Gasteiger partial charge is 0.318 e. The number of nitrogens with zero attached hydrogens (tertiary/aromatic N) is 2. The Labute approximate surface area is 199 Å². The van der Waals surface area contributed by atoms with Crippen molar-refractivity contribution in [3.05, 3.63) is 52.4 Å². The van der Waals surface area contributed by atoms with Crippen LogP contribution in [0.3, 0.4) is 0 Å². The zero-order valence-corrected chi connectivity index (χ0v) is 20.0. The molecule has 2 bridgehead atoms. The summed E-state index contributed by atoms with van der Waals surface area (Å²) in [7, 11) is 3.08. The number of carbonyl (C=O) groups excluding carboxylic acids is 2. The fourth-order valence-corrected chi connectivity index (χ4v) is 4.96. The quantitative estimate of drug-likeness (QED) is 0.679. The highest BCUT2D eigenvalue weighted by Crippen LogP contribution is 2.35. The van der Waals surface area contributed by atoms with Crippen LogP contribution < -0.4 is 25.7 Å². The maximum absolute atomic E-state index is 13.2. The summed E-state index contributed by atoms with van der Waals surface area (Å²) >= 11 is 0. The van der Waals surface area contributed by atoms with E-state index < -0.39 is 6.04 Å². The number of likely N-dealkylation sites (tertiary alicyclic amines) is 1. The van der Waals surface area contributed by atoms with Crippen molar-refractivity contribution in [1.82, 2.24) is 14.8 Å². The van der Waals surface area contributed by atoms with Crippen LogP contribution in [0.15, 0.2) is 41.2 Å². The lowest BCUT2D eigenvalue weighted by molar-refractivity contribution is -0.118. The van der Waals surface area contributed by atoms with E-state index in [9.17, 15) is 14.4 Å². The summed E-state index contributed by atoms with van der Waals surface area (Å²) in [6, 6.07) is 9.48. The van der Waals surface area contributed by atoms with Crippen LogP contribution in [0.5, 0.6) is 11.5 Å². The average molecular weight is 469 g/mol. The Bertz CT molecular complexity index is 1130. The maximum atomic E-state index is 13.2. The first-order chi connectivity index (χ1) is 16.3. The highest BCUT2D eigenvalue weighted by molar-refractivity contribution is 5.97. The van der Waals surface area contributed by atoms with Gasteiger partial charge in [0.25, 0.3) is 5.56 Å². The second-order valence-corrected chi connectivity index (χ2v) is 9.33. The van der Waals surface area contributed by atoms with E-state index in [1.54, 1.807) is 42.3 Å². The number of benzene rings is 1. The fraction of sp³-hybridized carbons (Fsp3) is 0.480. The van der Waals surface area contributed by atoms with Crippen LogP contribution >= 0.6 is 0 Å². The molecule has 4 rings (SSSR count). The molecule has 2 unspecified atom stereocenters. The molecule has 1 aromatic heterocycles. The normalized spacial score (nSPS) is 19.7. The largest absolute Gasteiger partial charge is 0.493 e. The number of urea groups is 1. The van der Waals surface area contributed by atoms with Gasteiger partial charge in [-0.25, -0.2) is 4.79 Å². The van der Waals surface area contributed by atoms with Crippen molar-refractivity contribution >= 4 is 17.6 Å². The molecule has 3 heterocycles. The lowest BCUT2D eigenvalue weighted by atomic mass is 9.83. The number of ether oxygens (including phenoxy) is 2. The van der Waals surface area contributed by atoms with Gasteiger partial charge in [-0.3, -0.25) is 9.59 Å². The Morgan fingerprint density at radius 1 is 1.03 bits per heavy atom. The van der Waals surface area contributed by atoms with Gasteiger partial charge < -0.3 is 29.6 Å². The minimum atomic E-state index is -0.711. The monoisotopic (exact) mass is 468 g/mol. The number of aromatic nitrogens is 1. The third-order valence-electron chi connectivity index (χ3n) is 6.65. The third-order valence-corrected chi connectivity index (χ3v) is 6.65. The Balaban J connectivity index is 1.44. The summed E-state index contributed by atoms with van der Waals surface area (Å²) in [5.41, 5.74) is 1.54. The summed E-state index contributed by atoms with van der Waals surface area (Å²) in [5, 5.41) is 5.80. The summed E-state index contributed by atoms with van der Waals surface area (Å²) in [5.74, 6) is 0.983. The molecule has 2 aromatic rings. The van der Waals surface area contributed by atoms with Crippen molar-refractivity contribution in [2.24, 2.45) is 11.8 Å². The number of hydrogen-bond acceptors (Lipinski definition) is 5. The molecule has 2 N–H and O–H groups in total. The average Bonchev–Trinajstić information content (AvgIpc) is 2.82. The number of pyridine rings is 1. The molecule has 34 heavy (non-hydrogen) atoms. The number of fused-ring (bicyclic) bond motifs is 4. The van der Waals surface area contributed by atoms with Crippen LogP contribution in [0.1, 0.15) is 31.9 Å². The lowest BCUT2D eigenvalue weighted by Crippen LogP contribution is -2.56. The van der Waals surface area contributed by atoms with Crippen LogP contribution in [-0.2, 0) is 11.3 Å². The summed E-state index contributed by atoms with van der Waals surface area (Å²) < 4.78 is 12.4. The second-order valence-electron chi connectivity index (χ2n) is 9.33. The number of nitrogens with one attached hydrogen (secondary N) is 2. The number of carbonyl (C=O) groups is 2. The SMILES string of the molecule is COc1ccc(NC(=O)[C@@H](NC(=O)N2CC3CC(C2)c2cccc(=O)n2C3)C(C)C)cc1OC. The maximum Gasteiger partial charge on any atom is 0.318 e. The molecule has 0 saturated carbocycles. The molecule has 1 aromatic carbocycles. The van der Waals surface area contributed by atoms with E-state index in [2.05, 4.69) is 10.6 Å². The van der Waals surface area contributed by atoms with E-state index in [0.29, 0.717) is 36.8 Å². The van der Waals surface area contributed by atoms with Gasteiger partial charge in [0, 0.05) is 49.1 Å². The van der Waals surface area contributed by atoms with Gasteiger partial charge in [0.15, 0.2) is 11.5 Å². The van der Waals surface area contributed by atoms with Crippen molar-refractivity contribution in [3.8, 4) is 11.5 Å². The predicted octanol–water partition coefficient (Wildman–Crippen LogP) is 2.66. The predicted molar refractivity (Wildman–Crippen MR) is 128 cm³/mol. The summed E-state index contributed by atoms with van der Waals surface area (Å²) in [6.45, 7) is 5.49. The highest BCUT2D eigenvalue weighted by atomic mass is 16.5. The second kappa shape index (κ2) is 9.79. The molecular weight excluding hydrogens is 436 g/mol. The number of piperidine rings is 1. The number of rotatable bonds is 6. The Morgan fingerprint density at radius 2 is 1.79 bits per heavy atom. The Morgan fingerprint density at radius 3 is 2.50 bits per heavy atom. The van der Waals surface area contributed by atoms with E-state index in [4.69, 9.17) is 9.47 Å². The molecule has 182 valence electrons. The van der Waals surface area contributed by atoms with Gasteiger partial charge in [-0.2, -0.15) is 0 Å². The van der Waals surface area contributed by atoms with Gasteiger partial charge in [-0.15, -0.1) is 0 Å². The topological polar surface area (TPSA) is 102 Å². The molecule has 2 aliphatic heterocycles. The van der Waals surface area contributed by atoms with Crippen molar-refractivity contribution in [1.29, 1.82) is 0 Å². The number of anilines is 1. The zero-order chi connectivity index (χ0) is 24.4. The van der Waals surface area contributed by atoms with Crippen LogP contribution in [-0.4, -0.2) is 54.8 Å². The van der Waals surface area contributed by atoms with E-state index in [-0.39, 0.29) is 35.3 Å². The van der Waals surface area contributed by atoms with Crippen molar-refractivity contribution in [2.45, 2.75) is 38.8 Å². The minimum absolute atomic E-state index is 0.0109. The van der Waals surface area contributed by atoms with Gasteiger partial charge in [-0.05, 0) is 36.5 Å². The Hall–Kier alpha value is -3.49. The zero-order valence-electron chi connectivity index (χ0n) is 20.0. The molecule has 9 heteroatoms. The number of methoxy groups -OCH3 is 2. The van der Waals surface area contributed by atoms with Gasteiger partial charge in [0.1, 0.15) is 6.04 Å². The van der Waals surface area contributed by atoms with Crippen LogP contribution in [0.4, 0.5) is 10.5 Å². The van der Waals surface area contributed by atoms with Crippen LogP contribution in [0.25, 0.3) is 0 Å². The van der Waals surface area contributed by atoms with Gasteiger partial charge in [0.2, 0.25) is 5.91 Å². The van der Waals surface area contributed by atoms with Crippen LogP contribution in [0.2, 0.25) is 0 Å². The molecule has 9 nitrogen and oxygen atoms in total. The number of hydrogen-bond donors (Lipinski definition) is 2. The van der Waals surface area contributed by atoms with Crippen LogP contribution in [0, 0.1) is 11.8 Å². The molecule has 0 radical (unpaired) electrons. The van der Waals surface area contributed by atoms with E-state index in [1.165, 1.54) is 7.11 Å². The standard InChI is InChI=1S/C25H32N4O5/c1-15(2)23(24(31)26-18-8-9-20(33-3)21(11-18)34-4)27-25(32)28-12-16-10-17(14-28)19-6-5-7-22(30)29(19)13-16/h5-9,11,15-17,23H,10,12-14H2,1-4H3,(H,26,31)(H,27,32)/t16?,17?,23-/m0/s1. The molecule has 3 atom stereocenters. The van der Waals surface area contributed by atoms with Gasteiger partial charge in [-0.1, -0.05) is 19.9 Å². The summed E-state index contributed by atoms with van der Waals surface area (Å²) in [4.78, 5) is 40.3. The van der Waals surface area contributed by atoms with Crippen molar-refractivity contribution < 1.29 is 19.1 Å². The number of amides is 3. The molecule has 2 aliphatic rings. The highest BCUT2D eigenvalue weighted by Gasteiger charge is 2.37. The van der Waals surface area contributed by atoms with Gasteiger partial charge >= 0.3 is 6.03 Å². The van der Waals surface area contributed by atoms with E-state index in [0.717, 1.165) is 12.1 Å². The lowest BCUT2D eigenvalue weighted by Gasteiger charge is -2.43. The molecule has 0 aliphatic carbocycles. The first-order valence-electron chi connectivity index (χ1n) is 11.6. The molecule has 3 amide bonds. The van der Waals surface area contributed by atoms with E-state index >= 15 is 0 Å². The molecule has 0 spiro atoms. The first-order valence-corrected chi connectivity index (χ1v) is 11.6. The van der Waals surface area contributed by atoms with Crippen molar-refractivity contribution in [2.75, 3.05) is 32.6 Å². The first kappa shape index (κ1) is 23.7. The van der Waals surface area contributed by atoms with Gasteiger partial charge in [0.05, 0.1) is 14.2 Å². The minimum Gasteiger partial charge on any atom is -0.493 e.